The van der Waals surface area contributed by atoms with Crippen LogP contribution in [0.1, 0.15) is 26.7 Å². The highest BCUT2D eigenvalue weighted by Gasteiger charge is 2.51. The molecule has 2 atom stereocenters. The van der Waals surface area contributed by atoms with Crippen LogP contribution in [0, 0.1) is 11.3 Å². The van der Waals surface area contributed by atoms with Crippen LogP contribution in [0.15, 0.2) is 0 Å². The van der Waals surface area contributed by atoms with E-state index in [9.17, 15) is 5.11 Å². The number of rotatable bonds is 5. The lowest BCUT2D eigenvalue weighted by atomic mass is 9.89. The molecule has 3 nitrogen and oxygen atoms in total. The molecule has 0 saturated heterocycles. The molecule has 13 heavy (non-hydrogen) atoms. The van der Waals surface area contributed by atoms with Crippen molar-refractivity contribution in [1.82, 2.24) is 0 Å². The van der Waals surface area contributed by atoms with Gasteiger partial charge in [-0.05, 0) is 18.8 Å². The van der Waals surface area contributed by atoms with E-state index in [4.69, 9.17) is 10.5 Å². The average Bonchev–Trinajstić information content (AvgIpc) is 2.84. The van der Waals surface area contributed by atoms with Crippen LogP contribution in [-0.4, -0.2) is 31.0 Å². The molecule has 78 valence electrons. The Hall–Kier alpha value is -0.120. The second-order valence-corrected chi connectivity index (χ2v) is 4.46. The highest BCUT2D eigenvalue weighted by molar-refractivity contribution is 5.02. The molecule has 1 aliphatic carbocycles. The van der Waals surface area contributed by atoms with Crippen molar-refractivity contribution in [3.05, 3.63) is 0 Å². The molecule has 0 aromatic heterocycles. The van der Waals surface area contributed by atoms with Gasteiger partial charge in [0.15, 0.2) is 0 Å². The number of hydrogen-bond acceptors (Lipinski definition) is 3. The third-order valence-corrected chi connectivity index (χ3v) is 3.17. The summed E-state index contributed by atoms with van der Waals surface area (Å²) in [6, 6.07) is 0. The molecular weight excluding hydrogens is 166 g/mol. The Morgan fingerprint density at radius 2 is 2.00 bits per heavy atom. The second-order valence-electron chi connectivity index (χ2n) is 4.46. The Kier molecular flexibility index (Phi) is 3.33. The molecule has 0 heterocycles. The van der Waals surface area contributed by atoms with Crippen LogP contribution in [0.4, 0.5) is 0 Å². The topological polar surface area (TPSA) is 55.5 Å². The maximum Gasteiger partial charge on any atom is 0.0872 e. The minimum absolute atomic E-state index is 0.0368. The third-order valence-electron chi connectivity index (χ3n) is 3.17. The highest BCUT2D eigenvalue weighted by atomic mass is 16.5. The SMILES string of the molecule is COC(C(C)C)C(O)C1(CN)CC1. The summed E-state index contributed by atoms with van der Waals surface area (Å²) in [5.74, 6) is 0.337. The Balaban J connectivity index is 2.58. The summed E-state index contributed by atoms with van der Waals surface area (Å²) in [5.41, 5.74) is 5.61. The zero-order valence-electron chi connectivity index (χ0n) is 8.79. The van der Waals surface area contributed by atoms with E-state index < -0.39 is 6.10 Å². The first-order valence-corrected chi connectivity index (χ1v) is 4.98. The van der Waals surface area contributed by atoms with Crippen LogP contribution in [0.5, 0.6) is 0 Å². The first kappa shape index (κ1) is 11.0. The van der Waals surface area contributed by atoms with Crippen molar-refractivity contribution < 1.29 is 9.84 Å². The van der Waals surface area contributed by atoms with E-state index in [1.54, 1.807) is 7.11 Å². The molecule has 1 rings (SSSR count). The summed E-state index contributed by atoms with van der Waals surface area (Å²) < 4.78 is 5.30. The van der Waals surface area contributed by atoms with E-state index >= 15 is 0 Å². The smallest absolute Gasteiger partial charge is 0.0872 e. The third kappa shape index (κ3) is 2.03. The van der Waals surface area contributed by atoms with Crippen LogP contribution in [0.3, 0.4) is 0 Å². The minimum atomic E-state index is -0.400. The summed E-state index contributed by atoms with van der Waals surface area (Å²) >= 11 is 0. The maximum atomic E-state index is 10.1. The van der Waals surface area contributed by atoms with Crippen molar-refractivity contribution in [2.75, 3.05) is 13.7 Å². The number of aliphatic hydroxyl groups is 1. The van der Waals surface area contributed by atoms with Gasteiger partial charge in [-0.25, -0.2) is 0 Å². The van der Waals surface area contributed by atoms with Crippen molar-refractivity contribution in [2.24, 2.45) is 17.1 Å². The zero-order chi connectivity index (χ0) is 10.1. The summed E-state index contributed by atoms with van der Waals surface area (Å²) in [5, 5.41) is 10.1. The number of aliphatic hydroxyl groups excluding tert-OH is 1. The molecule has 0 aromatic carbocycles. The quantitative estimate of drug-likeness (QED) is 0.668. The fraction of sp³-hybridized carbons (Fsp3) is 1.00. The van der Waals surface area contributed by atoms with Gasteiger partial charge in [-0.1, -0.05) is 13.8 Å². The number of methoxy groups -OCH3 is 1. The van der Waals surface area contributed by atoms with E-state index in [0.29, 0.717) is 12.5 Å². The van der Waals surface area contributed by atoms with E-state index in [-0.39, 0.29) is 11.5 Å². The summed E-state index contributed by atoms with van der Waals surface area (Å²) in [6.45, 7) is 4.69. The standard InChI is InChI=1S/C10H21NO2/c1-7(2)8(13-3)9(12)10(6-11)4-5-10/h7-9,12H,4-6,11H2,1-3H3. The largest absolute Gasteiger partial charge is 0.390 e. The van der Waals surface area contributed by atoms with Crippen LogP contribution in [-0.2, 0) is 4.74 Å². The molecule has 1 fully saturated rings. The Bertz CT molecular complexity index is 166. The van der Waals surface area contributed by atoms with Gasteiger partial charge in [0.2, 0.25) is 0 Å². The Morgan fingerprint density at radius 1 is 1.46 bits per heavy atom. The van der Waals surface area contributed by atoms with Crippen LogP contribution < -0.4 is 5.73 Å². The number of hydrogen-bond donors (Lipinski definition) is 2. The van der Waals surface area contributed by atoms with E-state index in [2.05, 4.69) is 13.8 Å². The Morgan fingerprint density at radius 3 is 2.23 bits per heavy atom. The van der Waals surface area contributed by atoms with E-state index in [1.165, 1.54) is 0 Å². The summed E-state index contributed by atoms with van der Waals surface area (Å²) in [7, 11) is 1.65. The normalized spacial score (nSPS) is 24.5. The lowest BCUT2D eigenvalue weighted by Crippen LogP contribution is -2.42. The summed E-state index contributed by atoms with van der Waals surface area (Å²) in [6.07, 6.45) is 1.60. The molecule has 3 N–H and O–H groups in total. The molecule has 0 aliphatic heterocycles. The Labute approximate surface area is 80.3 Å². The highest BCUT2D eigenvalue weighted by Crippen LogP contribution is 2.49. The first-order chi connectivity index (χ1) is 6.07. The first-order valence-electron chi connectivity index (χ1n) is 4.98. The fourth-order valence-electron chi connectivity index (χ4n) is 1.90. The molecular formula is C10H21NO2. The zero-order valence-corrected chi connectivity index (χ0v) is 8.79. The summed E-state index contributed by atoms with van der Waals surface area (Å²) in [4.78, 5) is 0. The van der Waals surface area contributed by atoms with E-state index in [1.807, 2.05) is 0 Å². The van der Waals surface area contributed by atoms with Gasteiger partial charge < -0.3 is 15.6 Å². The monoisotopic (exact) mass is 187 g/mol. The maximum absolute atomic E-state index is 10.1. The molecule has 0 spiro atoms. The van der Waals surface area contributed by atoms with Gasteiger partial charge in [0.05, 0.1) is 12.2 Å². The molecule has 0 bridgehead atoms. The predicted octanol–water partition coefficient (Wildman–Crippen LogP) is 0.757. The molecule has 0 radical (unpaired) electrons. The van der Waals surface area contributed by atoms with Crippen LogP contribution in [0.25, 0.3) is 0 Å². The molecule has 3 heteroatoms. The average molecular weight is 187 g/mol. The minimum Gasteiger partial charge on any atom is -0.390 e. The van der Waals surface area contributed by atoms with Crippen molar-refractivity contribution >= 4 is 0 Å². The lowest BCUT2D eigenvalue weighted by molar-refractivity contribution is -0.0693. The molecule has 2 unspecified atom stereocenters. The van der Waals surface area contributed by atoms with Crippen molar-refractivity contribution in [2.45, 2.75) is 38.9 Å². The van der Waals surface area contributed by atoms with Crippen LogP contribution in [0.2, 0.25) is 0 Å². The van der Waals surface area contributed by atoms with Crippen molar-refractivity contribution in [3.8, 4) is 0 Å². The van der Waals surface area contributed by atoms with Gasteiger partial charge in [-0.3, -0.25) is 0 Å². The predicted molar refractivity (Wildman–Crippen MR) is 52.4 cm³/mol. The fourth-order valence-corrected chi connectivity index (χ4v) is 1.90. The van der Waals surface area contributed by atoms with Crippen LogP contribution >= 0.6 is 0 Å². The molecule has 1 saturated carbocycles. The van der Waals surface area contributed by atoms with Gasteiger partial charge in [0.1, 0.15) is 0 Å². The van der Waals surface area contributed by atoms with Gasteiger partial charge >= 0.3 is 0 Å². The second kappa shape index (κ2) is 3.95. The molecule has 0 aromatic rings. The molecule has 0 amide bonds. The van der Waals surface area contributed by atoms with Gasteiger partial charge in [0, 0.05) is 19.1 Å². The molecule has 1 aliphatic rings. The lowest BCUT2D eigenvalue weighted by Gasteiger charge is -2.30. The number of nitrogens with two attached hydrogens (primary N) is 1. The van der Waals surface area contributed by atoms with Gasteiger partial charge in [0.25, 0.3) is 0 Å². The number of ether oxygens (including phenoxy) is 1. The van der Waals surface area contributed by atoms with E-state index in [0.717, 1.165) is 12.8 Å². The van der Waals surface area contributed by atoms with Gasteiger partial charge in [-0.15, -0.1) is 0 Å². The van der Waals surface area contributed by atoms with Crippen molar-refractivity contribution in [1.29, 1.82) is 0 Å². The van der Waals surface area contributed by atoms with Gasteiger partial charge in [-0.2, -0.15) is 0 Å². The van der Waals surface area contributed by atoms with Crippen molar-refractivity contribution in [3.63, 3.8) is 0 Å².